The molecule has 3 aromatic rings. The van der Waals surface area contributed by atoms with Gasteiger partial charge in [0, 0.05) is 26.2 Å². The molecule has 1 aliphatic rings. The molecule has 0 atom stereocenters. The molecule has 4 heterocycles. The quantitative estimate of drug-likeness (QED) is 0.725. The number of aryl methyl sites for hydroxylation is 1. The highest BCUT2D eigenvalue weighted by Crippen LogP contribution is 2.23. The molecule has 0 aromatic carbocycles. The second kappa shape index (κ2) is 5.91. The molecule has 0 radical (unpaired) electrons. The molecule has 0 bridgehead atoms. The lowest BCUT2D eigenvalue weighted by Gasteiger charge is -2.33. The Morgan fingerprint density at radius 3 is 2.88 bits per heavy atom. The Morgan fingerprint density at radius 1 is 1.29 bits per heavy atom. The summed E-state index contributed by atoms with van der Waals surface area (Å²) >= 11 is 0. The smallest absolute Gasteiger partial charge is 0.269 e. The van der Waals surface area contributed by atoms with Crippen LogP contribution in [0, 0.1) is 0 Å². The number of rotatable bonds is 3. The average molecular weight is 326 g/mol. The van der Waals surface area contributed by atoms with Crippen molar-refractivity contribution in [2.75, 3.05) is 18.0 Å². The minimum Gasteiger partial charge on any atom is -0.355 e. The Balaban J connectivity index is 1.41. The van der Waals surface area contributed by atoms with E-state index in [9.17, 15) is 4.79 Å². The van der Waals surface area contributed by atoms with Gasteiger partial charge in [-0.15, -0.1) is 0 Å². The number of nitrogens with one attached hydrogen (secondary N) is 2. The maximum Gasteiger partial charge on any atom is 0.269 e. The fourth-order valence-electron chi connectivity index (χ4n) is 3.06. The van der Waals surface area contributed by atoms with Gasteiger partial charge in [0.1, 0.15) is 17.5 Å². The molecule has 0 spiro atoms. The Labute approximate surface area is 138 Å². The highest BCUT2D eigenvalue weighted by molar-refractivity contribution is 5.92. The van der Waals surface area contributed by atoms with Gasteiger partial charge < -0.3 is 19.8 Å². The van der Waals surface area contributed by atoms with E-state index in [0.29, 0.717) is 11.3 Å². The second-order valence-corrected chi connectivity index (χ2v) is 5.92. The molecule has 1 saturated heterocycles. The number of imidazole rings is 2. The predicted octanol–water partition coefficient (Wildman–Crippen LogP) is 0.485. The van der Waals surface area contributed by atoms with Gasteiger partial charge in [0.2, 0.25) is 0 Å². The topological polar surface area (TPSA) is 105 Å². The number of carbonyl (C=O) groups is 1. The summed E-state index contributed by atoms with van der Waals surface area (Å²) in [6, 6.07) is 0.155. The molecular formula is C15H18N8O. The largest absolute Gasteiger partial charge is 0.355 e. The van der Waals surface area contributed by atoms with E-state index >= 15 is 0 Å². The van der Waals surface area contributed by atoms with Gasteiger partial charge in [-0.05, 0) is 12.8 Å². The molecule has 1 amide bonds. The Morgan fingerprint density at radius 2 is 2.12 bits per heavy atom. The van der Waals surface area contributed by atoms with E-state index in [2.05, 4.69) is 35.1 Å². The average Bonchev–Trinajstić information content (AvgIpc) is 3.23. The Kier molecular flexibility index (Phi) is 3.60. The van der Waals surface area contributed by atoms with Crippen molar-refractivity contribution in [3.05, 3.63) is 30.9 Å². The third kappa shape index (κ3) is 2.57. The van der Waals surface area contributed by atoms with E-state index in [-0.39, 0.29) is 11.9 Å². The van der Waals surface area contributed by atoms with Crippen LogP contribution in [0.2, 0.25) is 0 Å². The van der Waals surface area contributed by atoms with Crippen LogP contribution in [0.5, 0.6) is 0 Å². The van der Waals surface area contributed by atoms with Crippen LogP contribution in [-0.4, -0.2) is 54.5 Å². The molecule has 24 heavy (non-hydrogen) atoms. The van der Waals surface area contributed by atoms with Gasteiger partial charge in [-0.3, -0.25) is 4.79 Å². The maximum atomic E-state index is 12.3. The van der Waals surface area contributed by atoms with E-state index < -0.39 is 0 Å². The van der Waals surface area contributed by atoms with Crippen molar-refractivity contribution >= 4 is 22.9 Å². The number of carbonyl (C=O) groups excluding carboxylic acids is 1. The lowest BCUT2D eigenvalue weighted by molar-refractivity contribution is 0.0923. The van der Waals surface area contributed by atoms with Crippen LogP contribution in [0.4, 0.5) is 5.82 Å². The predicted molar refractivity (Wildman–Crippen MR) is 87.6 cm³/mol. The van der Waals surface area contributed by atoms with Gasteiger partial charge in [0.05, 0.1) is 18.9 Å². The summed E-state index contributed by atoms with van der Waals surface area (Å²) in [5, 5.41) is 3.09. The van der Waals surface area contributed by atoms with E-state index in [4.69, 9.17) is 0 Å². The summed E-state index contributed by atoms with van der Waals surface area (Å²) in [5.41, 5.74) is 2.11. The first-order valence-electron chi connectivity index (χ1n) is 7.88. The van der Waals surface area contributed by atoms with E-state index in [1.807, 2.05) is 7.05 Å². The van der Waals surface area contributed by atoms with Crippen LogP contribution in [0.3, 0.4) is 0 Å². The summed E-state index contributed by atoms with van der Waals surface area (Å²) in [5.74, 6) is 0.792. The zero-order valence-electron chi connectivity index (χ0n) is 13.3. The number of aromatic nitrogens is 6. The standard InChI is InChI=1S/C15H18N8O/c1-22-9-16-6-11(22)15(24)21-10-2-4-23(5-3-10)14-12-13(18-7-17-12)19-8-20-14/h6-10H,2-5H2,1H3,(H,21,24)(H,17,18,19,20). The second-order valence-electron chi connectivity index (χ2n) is 5.92. The zero-order valence-corrected chi connectivity index (χ0v) is 13.3. The number of hydrogen-bond donors (Lipinski definition) is 2. The van der Waals surface area contributed by atoms with E-state index in [1.54, 1.807) is 23.4 Å². The molecular weight excluding hydrogens is 308 g/mol. The third-order valence-corrected chi connectivity index (χ3v) is 4.38. The number of nitrogens with zero attached hydrogens (tertiary/aromatic N) is 6. The summed E-state index contributed by atoms with van der Waals surface area (Å²) in [4.78, 5) is 34.2. The Bertz CT molecular complexity index is 861. The van der Waals surface area contributed by atoms with E-state index in [1.165, 1.54) is 6.33 Å². The van der Waals surface area contributed by atoms with Crippen LogP contribution >= 0.6 is 0 Å². The number of piperidine rings is 1. The van der Waals surface area contributed by atoms with Crippen LogP contribution in [0.1, 0.15) is 23.3 Å². The summed E-state index contributed by atoms with van der Waals surface area (Å²) in [6.45, 7) is 1.64. The third-order valence-electron chi connectivity index (χ3n) is 4.38. The lowest BCUT2D eigenvalue weighted by Crippen LogP contribution is -2.45. The Hall–Kier alpha value is -2.97. The number of H-pyrrole nitrogens is 1. The van der Waals surface area contributed by atoms with Crippen molar-refractivity contribution in [2.45, 2.75) is 18.9 Å². The van der Waals surface area contributed by atoms with Crippen molar-refractivity contribution in [3.8, 4) is 0 Å². The number of aromatic amines is 1. The first-order chi connectivity index (χ1) is 11.7. The molecule has 1 fully saturated rings. The van der Waals surface area contributed by atoms with Crippen LogP contribution in [0.25, 0.3) is 11.2 Å². The van der Waals surface area contributed by atoms with Crippen molar-refractivity contribution in [1.29, 1.82) is 0 Å². The number of amides is 1. The van der Waals surface area contributed by atoms with E-state index in [0.717, 1.165) is 37.3 Å². The summed E-state index contributed by atoms with van der Waals surface area (Å²) in [6.07, 6.45) is 8.10. The molecule has 2 N–H and O–H groups in total. The van der Waals surface area contributed by atoms with Crippen molar-refractivity contribution in [1.82, 2.24) is 34.8 Å². The van der Waals surface area contributed by atoms with Gasteiger partial charge in [-0.25, -0.2) is 19.9 Å². The molecule has 4 rings (SSSR count). The summed E-state index contributed by atoms with van der Waals surface area (Å²) in [7, 11) is 1.81. The lowest BCUT2D eigenvalue weighted by atomic mass is 10.0. The van der Waals surface area contributed by atoms with Crippen LogP contribution in [-0.2, 0) is 7.05 Å². The first kappa shape index (κ1) is 14.6. The van der Waals surface area contributed by atoms with Gasteiger partial charge >= 0.3 is 0 Å². The molecule has 9 nitrogen and oxygen atoms in total. The van der Waals surface area contributed by atoms with Crippen molar-refractivity contribution in [3.63, 3.8) is 0 Å². The molecule has 9 heteroatoms. The SMILES string of the molecule is Cn1cncc1C(=O)NC1CCN(c2ncnc3nc[nH]c23)CC1. The van der Waals surface area contributed by atoms with Crippen molar-refractivity contribution in [2.24, 2.45) is 7.05 Å². The van der Waals surface area contributed by atoms with Gasteiger partial charge in [-0.1, -0.05) is 0 Å². The number of hydrogen-bond acceptors (Lipinski definition) is 6. The molecule has 124 valence electrons. The molecule has 0 unspecified atom stereocenters. The number of fused-ring (bicyclic) bond motifs is 1. The van der Waals surface area contributed by atoms with Crippen molar-refractivity contribution < 1.29 is 4.79 Å². The van der Waals surface area contributed by atoms with Crippen LogP contribution < -0.4 is 10.2 Å². The maximum absolute atomic E-state index is 12.3. The first-order valence-corrected chi connectivity index (χ1v) is 7.88. The van der Waals surface area contributed by atoms with Gasteiger partial charge in [0.15, 0.2) is 11.5 Å². The minimum atomic E-state index is -0.0774. The van der Waals surface area contributed by atoms with Crippen LogP contribution in [0.15, 0.2) is 25.2 Å². The van der Waals surface area contributed by atoms with Gasteiger partial charge in [0.25, 0.3) is 5.91 Å². The highest BCUT2D eigenvalue weighted by atomic mass is 16.2. The fourth-order valence-corrected chi connectivity index (χ4v) is 3.06. The molecule has 0 aliphatic carbocycles. The molecule has 0 saturated carbocycles. The number of anilines is 1. The zero-order chi connectivity index (χ0) is 16.5. The molecule has 3 aromatic heterocycles. The minimum absolute atomic E-state index is 0.0774. The highest BCUT2D eigenvalue weighted by Gasteiger charge is 2.24. The monoisotopic (exact) mass is 326 g/mol. The van der Waals surface area contributed by atoms with Gasteiger partial charge in [-0.2, -0.15) is 0 Å². The summed E-state index contributed by atoms with van der Waals surface area (Å²) < 4.78 is 1.72. The fraction of sp³-hybridized carbons (Fsp3) is 0.400. The molecule has 1 aliphatic heterocycles. The normalized spacial score (nSPS) is 15.8.